The largest absolute Gasteiger partial charge is 0.355 e. The second kappa shape index (κ2) is 7.78. The number of aryl methyl sites for hydroxylation is 2. The van der Waals surface area contributed by atoms with Gasteiger partial charge in [-0.15, -0.1) is 0 Å². The molecule has 3 nitrogen and oxygen atoms in total. The van der Waals surface area contributed by atoms with E-state index in [2.05, 4.69) is 5.32 Å². The van der Waals surface area contributed by atoms with Crippen LogP contribution in [0.4, 0.5) is 15.8 Å². The van der Waals surface area contributed by atoms with E-state index in [0.717, 1.165) is 33.3 Å². The van der Waals surface area contributed by atoms with E-state index in [4.69, 9.17) is 0 Å². The number of fused-ring (bicyclic) bond motifs is 1. The monoisotopic (exact) mass is 364 g/mol. The Morgan fingerprint density at radius 3 is 2.41 bits per heavy atom. The van der Waals surface area contributed by atoms with Gasteiger partial charge in [0, 0.05) is 35.4 Å². The van der Waals surface area contributed by atoms with Gasteiger partial charge in [-0.25, -0.2) is 4.39 Å². The van der Waals surface area contributed by atoms with Crippen LogP contribution in [0.15, 0.2) is 48.5 Å². The highest BCUT2D eigenvalue weighted by Crippen LogP contribution is 2.33. The molecular weight excluding hydrogens is 339 g/mol. The van der Waals surface area contributed by atoms with Crippen molar-refractivity contribution in [1.82, 2.24) is 4.90 Å². The van der Waals surface area contributed by atoms with Crippen molar-refractivity contribution in [3.8, 4) is 0 Å². The molecule has 0 spiro atoms. The van der Waals surface area contributed by atoms with Crippen molar-refractivity contribution in [3.63, 3.8) is 0 Å². The summed E-state index contributed by atoms with van der Waals surface area (Å²) in [4.78, 5) is 14.8. The Bertz CT molecular complexity index is 993. The summed E-state index contributed by atoms with van der Waals surface area (Å²) in [5.41, 5.74) is 4.29. The molecule has 3 aromatic carbocycles. The first kappa shape index (κ1) is 18.9. The van der Waals surface area contributed by atoms with Gasteiger partial charge in [-0.2, -0.15) is 0 Å². The van der Waals surface area contributed by atoms with Gasteiger partial charge >= 0.3 is 0 Å². The zero-order valence-electron chi connectivity index (χ0n) is 16.3. The highest BCUT2D eigenvalue weighted by atomic mass is 19.1. The van der Waals surface area contributed by atoms with Crippen LogP contribution >= 0.6 is 0 Å². The molecule has 3 aromatic rings. The smallest absolute Gasteiger partial charge is 0.254 e. The lowest BCUT2D eigenvalue weighted by Crippen LogP contribution is -2.30. The van der Waals surface area contributed by atoms with Crippen LogP contribution in [0.2, 0.25) is 0 Å². The molecule has 27 heavy (non-hydrogen) atoms. The zero-order valence-corrected chi connectivity index (χ0v) is 16.3. The van der Waals surface area contributed by atoms with E-state index in [-0.39, 0.29) is 11.7 Å². The molecule has 0 fully saturated rings. The number of anilines is 2. The second-order valence-corrected chi connectivity index (χ2v) is 6.72. The van der Waals surface area contributed by atoms with Gasteiger partial charge in [-0.05, 0) is 68.5 Å². The molecule has 1 N–H and O–H groups in total. The van der Waals surface area contributed by atoms with Crippen LogP contribution in [0.1, 0.15) is 35.3 Å². The summed E-state index contributed by atoms with van der Waals surface area (Å²) in [6, 6.07) is 14.5. The van der Waals surface area contributed by atoms with Crippen molar-refractivity contribution in [2.75, 3.05) is 18.4 Å². The lowest BCUT2D eigenvalue weighted by Gasteiger charge is -2.21. The maximum Gasteiger partial charge on any atom is 0.254 e. The molecule has 0 aromatic heterocycles. The van der Waals surface area contributed by atoms with Crippen LogP contribution in [0.25, 0.3) is 10.8 Å². The van der Waals surface area contributed by atoms with E-state index in [9.17, 15) is 9.18 Å². The van der Waals surface area contributed by atoms with Crippen LogP contribution in [0.5, 0.6) is 0 Å². The Morgan fingerprint density at radius 2 is 1.70 bits per heavy atom. The topological polar surface area (TPSA) is 32.3 Å². The second-order valence-electron chi connectivity index (χ2n) is 6.72. The average Bonchev–Trinajstić information content (AvgIpc) is 2.66. The molecule has 0 saturated heterocycles. The standard InChI is InChI=1S/C23H25FN2O/c1-5-26(6-2)23(27)19-12-13-20(18-9-7-8-16(4)22(18)19)25-21-14-17(24)11-10-15(21)3/h7-14,25H,5-6H2,1-4H3. The zero-order chi connectivity index (χ0) is 19.6. The molecule has 0 aliphatic carbocycles. The average molecular weight is 364 g/mol. The van der Waals surface area contributed by atoms with Gasteiger partial charge in [0.1, 0.15) is 5.82 Å². The first-order valence-corrected chi connectivity index (χ1v) is 9.31. The minimum Gasteiger partial charge on any atom is -0.355 e. The lowest BCUT2D eigenvalue weighted by atomic mass is 9.97. The van der Waals surface area contributed by atoms with E-state index in [1.165, 1.54) is 12.1 Å². The van der Waals surface area contributed by atoms with Crippen LogP contribution in [0, 0.1) is 19.7 Å². The van der Waals surface area contributed by atoms with Gasteiger partial charge in [-0.1, -0.05) is 24.3 Å². The first-order valence-electron chi connectivity index (χ1n) is 9.31. The van der Waals surface area contributed by atoms with Crippen molar-refractivity contribution in [1.29, 1.82) is 0 Å². The summed E-state index contributed by atoms with van der Waals surface area (Å²) >= 11 is 0. The number of nitrogens with one attached hydrogen (secondary N) is 1. The molecule has 0 aliphatic rings. The fourth-order valence-corrected chi connectivity index (χ4v) is 3.43. The van der Waals surface area contributed by atoms with Gasteiger partial charge in [0.2, 0.25) is 0 Å². The van der Waals surface area contributed by atoms with Crippen molar-refractivity contribution in [3.05, 3.63) is 71.0 Å². The van der Waals surface area contributed by atoms with Gasteiger partial charge in [0.15, 0.2) is 0 Å². The maximum absolute atomic E-state index is 13.7. The highest BCUT2D eigenvalue weighted by Gasteiger charge is 2.18. The quantitative estimate of drug-likeness (QED) is 0.618. The summed E-state index contributed by atoms with van der Waals surface area (Å²) < 4.78 is 13.7. The van der Waals surface area contributed by atoms with Crippen molar-refractivity contribution in [2.24, 2.45) is 0 Å². The highest BCUT2D eigenvalue weighted by molar-refractivity contribution is 6.11. The molecule has 0 unspecified atom stereocenters. The van der Waals surface area contributed by atoms with Crippen molar-refractivity contribution in [2.45, 2.75) is 27.7 Å². The number of hydrogen-bond acceptors (Lipinski definition) is 2. The van der Waals surface area contributed by atoms with E-state index >= 15 is 0 Å². The summed E-state index contributed by atoms with van der Waals surface area (Å²) in [7, 11) is 0. The third-order valence-electron chi connectivity index (χ3n) is 5.00. The number of hydrogen-bond donors (Lipinski definition) is 1. The Kier molecular flexibility index (Phi) is 5.45. The van der Waals surface area contributed by atoms with Gasteiger partial charge in [0.05, 0.1) is 0 Å². The predicted molar refractivity (Wildman–Crippen MR) is 110 cm³/mol. The number of carbonyl (C=O) groups excluding carboxylic acids is 1. The van der Waals surface area contributed by atoms with E-state index < -0.39 is 0 Å². The third-order valence-corrected chi connectivity index (χ3v) is 5.00. The minimum absolute atomic E-state index is 0.0350. The Hall–Kier alpha value is -2.88. The molecule has 0 aliphatic heterocycles. The van der Waals surface area contributed by atoms with Crippen LogP contribution in [0.3, 0.4) is 0 Å². The number of amides is 1. The molecule has 0 saturated carbocycles. The lowest BCUT2D eigenvalue weighted by molar-refractivity contribution is 0.0775. The molecule has 140 valence electrons. The molecule has 4 heteroatoms. The van der Waals surface area contributed by atoms with Crippen LogP contribution < -0.4 is 5.32 Å². The fraction of sp³-hybridized carbons (Fsp3) is 0.261. The maximum atomic E-state index is 13.7. The Labute approximate surface area is 159 Å². The molecule has 0 heterocycles. The number of benzene rings is 3. The molecular formula is C23H25FN2O. The molecule has 0 bridgehead atoms. The first-order chi connectivity index (χ1) is 13.0. The molecule has 0 atom stereocenters. The van der Waals surface area contributed by atoms with E-state index in [1.807, 2.05) is 62.9 Å². The molecule has 1 amide bonds. The minimum atomic E-state index is -0.281. The number of nitrogens with zero attached hydrogens (tertiary/aromatic N) is 1. The van der Waals surface area contributed by atoms with Gasteiger partial charge in [-0.3, -0.25) is 4.79 Å². The van der Waals surface area contributed by atoms with Crippen LogP contribution in [-0.2, 0) is 0 Å². The Balaban J connectivity index is 2.15. The summed E-state index contributed by atoms with van der Waals surface area (Å²) in [6.07, 6.45) is 0. The summed E-state index contributed by atoms with van der Waals surface area (Å²) in [5, 5.41) is 5.24. The summed E-state index contributed by atoms with van der Waals surface area (Å²) in [5.74, 6) is -0.246. The van der Waals surface area contributed by atoms with Crippen LogP contribution in [-0.4, -0.2) is 23.9 Å². The molecule has 0 radical (unpaired) electrons. The number of halogens is 1. The third kappa shape index (κ3) is 3.65. The fourth-order valence-electron chi connectivity index (χ4n) is 3.43. The normalized spacial score (nSPS) is 10.9. The Morgan fingerprint density at radius 1 is 0.963 bits per heavy atom. The predicted octanol–water partition coefficient (Wildman–Crippen LogP) is 5.82. The van der Waals surface area contributed by atoms with Gasteiger partial charge in [0.25, 0.3) is 5.91 Å². The van der Waals surface area contributed by atoms with Crippen molar-refractivity contribution >= 4 is 28.1 Å². The van der Waals surface area contributed by atoms with E-state index in [1.54, 1.807) is 6.07 Å². The van der Waals surface area contributed by atoms with Gasteiger partial charge < -0.3 is 10.2 Å². The molecule has 3 rings (SSSR count). The van der Waals surface area contributed by atoms with Crippen molar-refractivity contribution < 1.29 is 9.18 Å². The SMILES string of the molecule is CCN(CC)C(=O)c1ccc(Nc2cc(F)ccc2C)c2cccc(C)c12. The number of rotatable bonds is 5. The van der Waals surface area contributed by atoms with E-state index in [0.29, 0.717) is 18.7 Å². The summed E-state index contributed by atoms with van der Waals surface area (Å²) in [6.45, 7) is 9.26. The number of carbonyl (C=O) groups is 1.